The molecule has 1 fully saturated rings. The van der Waals surface area contributed by atoms with E-state index >= 15 is 0 Å². The Morgan fingerprint density at radius 3 is 3.00 bits per heavy atom. The first-order valence-corrected chi connectivity index (χ1v) is 5.45. The van der Waals surface area contributed by atoms with Gasteiger partial charge in [-0.1, -0.05) is 6.07 Å². The molecule has 4 nitrogen and oxygen atoms in total. The molecule has 1 amide bonds. The SMILES string of the molecule is C#CC1CC(=O)N(Cc2ccc(OC)nc2)C1. The highest BCUT2D eigenvalue weighted by atomic mass is 16.5. The van der Waals surface area contributed by atoms with Crippen LogP contribution < -0.4 is 4.74 Å². The first-order valence-electron chi connectivity index (χ1n) is 5.45. The average Bonchev–Trinajstić information content (AvgIpc) is 2.71. The summed E-state index contributed by atoms with van der Waals surface area (Å²) in [5.41, 5.74) is 0.983. The summed E-state index contributed by atoms with van der Waals surface area (Å²) >= 11 is 0. The largest absolute Gasteiger partial charge is 0.481 e. The summed E-state index contributed by atoms with van der Waals surface area (Å²) < 4.78 is 4.98. The van der Waals surface area contributed by atoms with Gasteiger partial charge in [-0.05, 0) is 5.56 Å². The van der Waals surface area contributed by atoms with E-state index in [0.717, 1.165) is 5.56 Å². The average molecular weight is 230 g/mol. The van der Waals surface area contributed by atoms with Crippen LogP contribution in [0.1, 0.15) is 12.0 Å². The van der Waals surface area contributed by atoms with E-state index in [-0.39, 0.29) is 11.8 Å². The van der Waals surface area contributed by atoms with Crippen molar-refractivity contribution in [3.8, 4) is 18.2 Å². The van der Waals surface area contributed by atoms with Gasteiger partial charge in [0.25, 0.3) is 0 Å². The van der Waals surface area contributed by atoms with Crippen molar-refractivity contribution in [2.75, 3.05) is 13.7 Å². The molecule has 1 aromatic rings. The highest BCUT2D eigenvalue weighted by Gasteiger charge is 2.27. The second kappa shape index (κ2) is 4.88. The third-order valence-corrected chi connectivity index (χ3v) is 2.83. The lowest BCUT2D eigenvalue weighted by molar-refractivity contribution is -0.128. The topological polar surface area (TPSA) is 42.4 Å². The summed E-state index contributed by atoms with van der Waals surface area (Å²) in [6.45, 7) is 1.20. The molecule has 1 aromatic heterocycles. The number of hydrogen-bond donors (Lipinski definition) is 0. The molecule has 17 heavy (non-hydrogen) atoms. The molecule has 1 saturated heterocycles. The fraction of sp³-hybridized carbons (Fsp3) is 0.385. The maximum absolute atomic E-state index is 11.7. The van der Waals surface area contributed by atoms with E-state index in [9.17, 15) is 4.79 Å². The fourth-order valence-corrected chi connectivity index (χ4v) is 1.88. The number of amides is 1. The zero-order chi connectivity index (χ0) is 12.3. The number of carbonyl (C=O) groups is 1. The van der Waals surface area contributed by atoms with Crippen LogP contribution in [-0.4, -0.2) is 29.4 Å². The molecule has 1 atom stereocenters. The first-order chi connectivity index (χ1) is 8.22. The lowest BCUT2D eigenvalue weighted by Crippen LogP contribution is -2.24. The van der Waals surface area contributed by atoms with Crippen molar-refractivity contribution in [2.24, 2.45) is 5.92 Å². The van der Waals surface area contributed by atoms with Crippen molar-refractivity contribution in [1.29, 1.82) is 0 Å². The molecule has 2 heterocycles. The van der Waals surface area contributed by atoms with Crippen molar-refractivity contribution in [2.45, 2.75) is 13.0 Å². The number of aromatic nitrogens is 1. The zero-order valence-electron chi connectivity index (χ0n) is 9.72. The molecule has 4 heteroatoms. The molecule has 0 spiro atoms. The molecule has 0 aliphatic carbocycles. The number of methoxy groups -OCH3 is 1. The Morgan fingerprint density at radius 2 is 2.47 bits per heavy atom. The summed E-state index contributed by atoms with van der Waals surface area (Å²) in [4.78, 5) is 17.5. The first kappa shape index (κ1) is 11.5. The molecule has 0 saturated carbocycles. The van der Waals surface area contributed by atoms with Crippen molar-refractivity contribution in [3.63, 3.8) is 0 Å². The minimum Gasteiger partial charge on any atom is -0.481 e. The monoisotopic (exact) mass is 230 g/mol. The van der Waals surface area contributed by atoms with E-state index in [2.05, 4.69) is 10.9 Å². The van der Waals surface area contributed by atoms with Crippen molar-refractivity contribution in [1.82, 2.24) is 9.88 Å². The number of rotatable bonds is 3. The maximum atomic E-state index is 11.7. The van der Waals surface area contributed by atoms with E-state index in [0.29, 0.717) is 25.4 Å². The lowest BCUT2D eigenvalue weighted by Gasteiger charge is -2.15. The van der Waals surface area contributed by atoms with Crippen LogP contribution in [0.5, 0.6) is 5.88 Å². The van der Waals surface area contributed by atoms with E-state index < -0.39 is 0 Å². The third kappa shape index (κ3) is 2.56. The Bertz CT molecular complexity index is 447. The molecule has 1 aliphatic rings. The van der Waals surface area contributed by atoms with Gasteiger partial charge in [-0.3, -0.25) is 4.79 Å². The van der Waals surface area contributed by atoms with Gasteiger partial charge >= 0.3 is 0 Å². The van der Waals surface area contributed by atoms with Gasteiger partial charge in [0.15, 0.2) is 0 Å². The van der Waals surface area contributed by atoms with Crippen LogP contribution in [0.2, 0.25) is 0 Å². The highest BCUT2D eigenvalue weighted by Crippen LogP contribution is 2.19. The van der Waals surface area contributed by atoms with Gasteiger partial charge in [0.1, 0.15) is 0 Å². The van der Waals surface area contributed by atoms with Crippen LogP contribution in [0.4, 0.5) is 0 Å². The van der Waals surface area contributed by atoms with E-state index in [1.54, 1.807) is 24.3 Å². The van der Waals surface area contributed by atoms with Crippen LogP contribution in [0.3, 0.4) is 0 Å². The van der Waals surface area contributed by atoms with Crippen LogP contribution in [0.25, 0.3) is 0 Å². The lowest BCUT2D eigenvalue weighted by atomic mass is 10.1. The number of terminal acetylenes is 1. The Hall–Kier alpha value is -2.02. The number of ether oxygens (including phenoxy) is 1. The standard InChI is InChI=1S/C13H14N2O2/c1-3-10-6-13(16)15(8-10)9-11-4-5-12(17-2)14-7-11/h1,4-5,7,10H,6,8-9H2,2H3. The minimum absolute atomic E-state index is 0.0497. The van der Waals surface area contributed by atoms with Gasteiger partial charge in [0.05, 0.1) is 7.11 Å². The Labute approximate surface area is 101 Å². The van der Waals surface area contributed by atoms with Gasteiger partial charge in [-0.15, -0.1) is 12.3 Å². The minimum atomic E-state index is 0.0497. The number of nitrogens with zero attached hydrogens (tertiary/aromatic N) is 2. The normalized spacial score (nSPS) is 19.2. The molecule has 88 valence electrons. The third-order valence-electron chi connectivity index (χ3n) is 2.83. The van der Waals surface area contributed by atoms with Crippen LogP contribution in [0, 0.1) is 18.3 Å². The van der Waals surface area contributed by atoms with E-state index in [1.807, 2.05) is 6.07 Å². The summed E-state index contributed by atoms with van der Waals surface area (Å²) in [7, 11) is 1.57. The summed E-state index contributed by atoms with van der Waals surface area (Å²) in [5.74, 6) is 3.37. The van der Waals surface area contributed by atoms with Crippen molar-refractivity contribution < 1.29 is 9.53 Å². The number of likely N-dealkylation sites (tertiary alicyclic amines) is 1. The molecule has 0 radical (unpaired) electrons. The molecule has 1 aliphatic heterocycles. The second-order valence-electron chi connectivity index (χ2n) is 4.05. The summed E-state index contributed by atoms with van der Waals surface area (Å²) in [6.07, 6.45) is 7.51. The van der Waals surface area contributed by atoms with Gasteiger partial charge in [-0.25, -0.2) is 4.98 Å². The molecular weight excluding hydrogens is 216 g/mol. The Balaban J connectivity index is 2.01. The predicted octanol–water partition coefficient (Wildman–Crippen LogP) is 1.07. The number of carbonyl (C=O) groups excluding carboxylic acids is 1. The van der Waals surface area contributed by atoms with Gasteiger partial charge in [0, 0.05) is 37.7 Å². The molecule has 1 unspecified atom stereocenters. The van der Waals surface area contributed by atoms with E-state index in [1.165, 1.54) is 0 Å². The van der Waals surface area contributed by atoms with Crippen LogP contribution >= 0.6 is 0 Å². The predicted molar refractivity (Wildman–Crippen MR) is 63.1 cm³/mol. The van der Waals surface area contributed by atoms with Crippen LogP contribution in [0.15, 0.2) is 18.3 Å². The Morgan fingerprint density at radius 1 is 1.65 bits per heavy atom. The van der Waals surface area contributed by atoms with Crippen molar-refractivity contribution >= 4 is 5.91 Å². The highest BCUT2D eigenvalue weighted by molar-refractivity contribution is 5.79. The van der Waals surface area contributed by atoms with Gasteiger partial charge in [0.2, 0.25) is 11.8 Å². The zero-order valence-corrected chi connectivity index (χ0v) is 9.72. The molecular formula is C13H14N2O2. The molecule has 0 bridgehead atoms. The maximum Gasteiger partial charge on any atom is 0.224 e. The summed E-state index contributed by atoms with van der Waals surface area (Å²) in [6, 6.07) is 3.69. The molecule has 0 aromatic carbocycles. The van der Waals surface area contributed by atoms with Gasteiger partial charge in [-0.2, -0.15) is 0 Å². The second-order valence-corrected chi connectivity index (χ2v) is 4.05. The summed E-state index contributed by atoms with van der Waals surface area (Å²) in [5, 5.41) is 0. The molecule has 2 rings (SSSR count). The Kier molecular flexibility index (Phi) is 3.29. The van der Waals surface area contributed by atoms with Gasteiger partial charge < -0.3 is 9.64 Å². The molecule has 0 N–H and O–H groups in total. The van der Waals surface area contributed by atoms with Crippen LogP contribution in [-0.2, 0) is 11.3 Å². The van der Waals surface area contributed by atoms with E-state index in [4.69, 9.17) is 11.2 Å². The smallest absolute Gasteiger partial charge is 0.224 e. The quantitative estimate of drug-likeness (QED) is 0.729. The van der Waals surface area contributed by atoms with Crippen molar-refractivity contribution in [3.05, 3.63) is 23.9 Å². The number of pyridine rings is 1. The number of hydrogen-bond acceptors (Lipinski definition) is 3. The fourth-order valence-electron chi connectivity index (χ4n) is 1.88.